The number of urea groups is 1. The number of aliphatic hydroxyl groups is 1. The second kappa shape index (κ2) is 7.84. The summed E-state index contributed by atoms with van der Waals surface area (Å²) >= 11 is 0. The fourth-order valence-corrected chi connectivity index (χ4v) is 2.72. The smallest absolute Gasteiger partial charge is 0.321 e. The molecule has 0 spiro atoms. The Morgan fingerprint density at radius 2 is 1.92 bits per heavy atom. The first-order valence-electron chi connectivity index (χ1n) is 8.21. The summed E-state index contributed by atoms with van der Waals surface area (Å²) < 4.78 is 5.73. The van der Waals surface area contributed by atoms with E-state index in [4.69, 9.17) is 4.74 Å². The summed E-state index contributed by atoms with van der Waals surface area (Å²) in [6, 6.07) is 17.1. The summed E-state index contributed by atoms with van der Waals surface area (Å²) in [5.41, 5.74) is 1.82. The Labute approximate surface area is 141 Å². The number of carbonyl (C=O) groups is 1. The Bertz CT molecular complexity index is 658. The highest BCUT2D eigenvalue weighted by Gasteiger charge is 2.21. The summed E-state index contributed by atoms with van der Waals surface area (Å²) in [5, 5.41) is 12.5. The molecule has 5 heteroatoms. The van der Waals surface area contributed by atoms with Gasteiger partial charge in [0.1, 0.15) is 12.4 Å². The molecule has 0 aromatic heterocycles. The van der Waals surface area contributed by atoms with E-state index in [1.54, 1.807) is 4.90 Å². The molecular weight excluding hydrogens is 304 g/mol. The van der Waals surface area contributed by atoms with Crippen molar-refractivity contribution in [2.24, 2.45) is 0 Å². The van der Waals surface area contributed by atoms with E-state index >= 15 is 0 Å². The van der Waals surface area contributed by atoms with Gasteiger partial charge >= 0.3 is 6.03 Å². The van der Waals surface area contributed by atoms with Crippen LogP contribution in [0, 0.1) is 0 Å². The van der Waals surface area contributed by atoms with E-state index in [9.17, 15) is 9.90 Å². The second-order valence-electron chi connectivity index (χ2n) is 5.97. The van der Waals surface area contributed by atoms with Crippen molar-refractivity contribution in [2.75, 3.05) is 18.4 Å². The Kier molecular flexibility index (Phi) is 5.33. The molecule has 1 heterocycles. The molecule has 1 aliphatic rings. The molecule has 5 nitrogen and oxygen atoms in total. The van der Waals surface area contributed by atoms with Gasteiger partial charge in [-0.1, -0.05) is 30.3 Å². The minimum atomic E-state index is -0.418. The highest BCUT2D eigenvalue weighted by atomic mass is 16.5. The molecule has 1 saturated heterocycles. The number of piperidine rings is 1. The van der Waals surface area contributed by atoms with E-state index in [0.29, 0.717) is 25.4 Å². The lowest BCUT2D eigenvalue weighted by Crippen LogP contribution is -2.44. The number of nitrogens with one attached hydrogen (secondary N) is 1. The fourth-order valence-electron chi connectivity index (χ4n) is 2.72. The number of amides is 2. The summed E-state index contributed by atoms with van der Waals surface area (Å²) in [5.74, 6) is 0.755. The standard InChI is InChI=1S/C19H22N2O3/c22-17-7-4-12-21(13-17)19(23)20-16-8-10-18(11-9-16)24-14-15-5-2-1-3-6-15/h1-3,5-6,8-11,17,22H,4,7,12-14H2,(H,20,23). The zero-order valence-corrected chi connectivity index (χ0v) is 13.5. The molecule has 3 rings (SSSR count). The number of nitrogens with zero attached hydrogens (tertiary/aromatic N) is 1. The van der Waals surface area contributed by atoms with Crippen LogP contribution in [-0.4, -0.2) is 35.2 Å². The average Bonchev–Trinajstić information content (AvgIpc) is 2.62. The SMILES string of the molecule is O=C(Nc1ccc(OCc2ccccc2)cc1)N1CCCC(O)C1. The minimum Gasteiger partial charge on any atom is -0.489 e. The van der Waals surface area contributed by atoms with Crippen LogP contribution in [0.4, 0.5) is 10.5 Å². The summed E-state index contributed by atoms with van der Waals surface area (Å²) in [7, 11) is 0. The lowest BCUT2D eigenvalue weighted by atomic mass is 10.1. The van der Waals surface area contributed by atoms with E-state index in [0.717, 1.165) is 24.2 Å². The van der Waals surface area contributed by atoms with Gasteiger partial charge in [-0.2, -0.15) is 0 Å². The molecule has 2 amide bonds. The molecule has 1 fully saturated rings. The van der Waals surface area contributed by atoms with Crippen LogP contribution in [0.25, 0.3) is 0 Å². The number of hydrogen-bond donors (Lipinski definition) is 2. The predicted octanol–water partition coefficient (Wildman–Crippen LogP) is 3.25. The van der Waals surface area contributed by atoms with Crippen molar-refractivity contribution in [2.45, 2.75) is 25.6 Å². The molecule has 1 unspecified atom stereocenters. The van der Waals surface area contributed by atoms with Gasteiger partial charge in [-0.15, -0.1) is 0 Å². The van der Waals surface area contributed by atoms with E-state index in [-0.39, 0.29) is 6.03 Å². The average molecular weight is 326 g/mol. The molecular formula is C19H22N2O3. The molecule has 24 heavy (non-hydrogen) atoms. The molecule has 0 bridgehead atoms. The number of β-amino-alcohol motifs (C(OH)–C–C–N with tert-alkyl or cyclic N) is 1. The molecule has 0 saturated carbocycles. The van der Waals surface area contributed by atoms with Gasteiger partial charge in [-0.05, 0) is 42.7 Å². The lowest BCUT2D eigenvalue weighted by Gasteiger charge is -2.30. The summed E-state index contributed by atoms with van der Waals surface area (Å²) in [4.78, 5) is 13.8. The minimum absolute atomic E-state index is 0.174. The maximum atomic E-state index is 12.2. The summed E-state index contributed by atoms with van der Waals surface area (Å²) in [6.07, 6.45) is 1.18. The van der Waals surface area contributed by atoms with Crippen LogP contribution in [0.3, 0.4) is 0 Å². The third-order valence-electron chi connectivity index (χ3n) is 4.04. The van der Waals surface area contributed by atoms with Gasteiger partial charge in [0.25, 0.3) is 0 Å². The number of aliphatic hydroxyl groups excluding tert-OH is 1. The maximum Gasteiger partial charge on any atom is 0.321 e. The van der Waals surface area contributed by atoms with Crippen LogP contribution in [0.15, 0.2) is 54.6 Å². The van der Waals surface area contributed by atoms with Crippen molar-refractivity contribution in [3.05, 3.63) is 60.2 Å². The first-order valence-corrected chi connectivity index (χ1v) is 8.21. The third kappa shape index (κ3) is 4.49. The largest absolute Gasteiger partial charge is 0.489 e. The molecule has 2 aromatic carbocycles. The number of hydrogen-bond acceptors (Lipinski definition) is 3. The molecule has 1 atom stereocenters. The third-order valence-corrected chi connectivity index (χ3v) is 4.04. The zero-order valence-electron chi connectivity index (χ0n) is 13.5. The van der Waals surface area contributed by atoms with Crippen LogP contribution >= 0.6 is 0 Å². The van der Waals surface area contributed by atoms with Gasteiger partial charge in [0.2, 0.25) is 0 Å². The van der Waals surface area contributed by atoms with Crippen LogP contribution in [0.2, 0.25) is 0 Å². The van der Waals surface area contributed by atoms with Crippen LogP contribution < -0.4 is 10.1 Å². The van der Waals surface area contributed by atoms with Gasteiger partial charge in [-0.25, -0.2) is 4.79 Å². The lowest BCUT2D eigenvalue weighted by molar-refractivity contribution is 0.0883. The normalized spacial score (nSPS) is 17.4. The first-order chi connectivity index (χ1) is 11.7. The van der Waals surface area contributed by atoms with Gasteiger partial charge in [0.05, 0.1) is 6.10 Å². The highest BCUT2D eigenvalue weighted by Crippen LogP contribution is 2.18. The topological polar surface area (TPSA) is 61.8 Å². The quantitative estimate of drug-likeness (QED) is 0.906. The monoisotopic (exact) mass is 326 g/mol. The Morgan fingerprint density at radius 3 is 2.62 bits per heavy atom. The van der Waals surface area contributed by atoms with Crippen LogP contribution in [0.5, 0.6) is 5.75 Å². The molecule has 0 aliphatic carbocycles. The van der Waals surface area contributed by atoms with Crippen molar-refractivity contribution >= 4 is 11.7 Å². The van der Waals surface area contributed by atoms with Crippen molar-refractivity contribution in [3.63, 3.8) is 0 Å². The number of carbonyl (C=O) groups excluding carboxylic acids is 1. The molecule has 126 valence electrons. The van der Waals surface area contributed by atoms with Crippen molar-refractivity contribution in [1.29, 1.82) is 0 Å². The fraction of sp³-hybridized carbons (Fsp3) is 0.316. The summed E-state index contributed by atoms with van der Waals surface area (Å²) in [6.45, 7) is 1.59. The number of anilines is 1. The van der Waals surface area contributed by atoms with Gasteiger partial charge in [0.15, 0.2) is 0 Å². The van der Waals surface area contributed by atoms with Crippen molar-refractivity contribution in [1.82, 2.24) is 4.90 Å². The molecule has 2 aromatic rings. The number of ether oxygens (including phenoxy) is 1. The maximum absolute atomic E-state index is 12.2. The number of rotatable bonds is 4. The Morgan fingerprint density at radius 1 is 1.17 bits per heavy atom. The van der Waals surface area contributed by atoms with Crippen molar-refractivity contribution in [3.8, 4) is 5.75 Å². The van der Waals surface area contributed by atoms with Gasteiger partial charge in [0, 0.05) is 18.8 Å². The number of benzene rings is 2. The van der Waals surface area contributed by atoms with E-state index in [2.05, 4.69) is 5.32 Å². The van der Waals surface area contributed by atoms with Crippen molar-refractivity contribution < 1.29 is 14.6 Å². The van der Waals surface area contributed by atoms with Gasteiger partial charge < -0.3 is 20.1 Å². The van der Waals surface area contributed by atoms with E-state index in [1.807, 2.05) is 54.6 Å². The highest BCUT2D eigenvalue weighted by molar-refractivity contribution is 5.89. The van der Waals surface area contributed by atoms with E-state index < -0.39 is 6.10 Å². The van der Waals surface area contributed by atoms with Crippen LogP contribution in [0.1, 0.15) is 18.4 Å². The first kappa shape index (κ1) is 16.3. The molecule has 2 N–H and O–H groups in total. The molecule has 0 radical (unpaired) electrons. The van der Waals surface area contributed by atoms with Crippen LogP contribution in [-0.2, 0) is 6.61 Å². The Hall–Kier alpha value is -2.53. The zero-order chi connectivity index (χ0) is 16.8. The number of likely N-dealkylation sites (tertiary alicyclic amines) is 1. The van der Waals surface area contributed by atoms with Gasteiger partial charge in [-0.3, -0.25) is 0 Å². The van der Waals surface area contributed by atoms with E-state index in [1.165, 1.54) is 0 Å². The Balaban J connectivity index is 1.51. The predicted molar refractivity (Wildman–Crippen MR) is 93.0 cm³/mol. The second-order valence-corrected chi connectivity index (χ2v) is 5.97. The molecule has 1 aliphatic heterocycles.